The van der Waals surface area contributed by atoms with Crippen LogP contribution in [0, 0.1) is 0 Å². The zero-order valence-electron chi connectivity index (χ0n) is 8.27. The lowest BCUT2D eigenvalue weighted by Crippen LogP contribution is -1.99. The summed E-state index contributed by atoms with van der Waals surface area (Å²) in [6, 6.07) is 4.56. The molecule has 3 heteroatoms. The highest BCUT2D eigenvalue weighted by atomic mass is 16.3. The van der Waals surface area contributed by atoms with Gasteiger partial charge in [0.1, 0.15) is 11.5 Å². The molecule has 1 rings (SSSR count). The normalized spacial score (nSPS) is 12.7. The summed E-state index contributed by atoms with van der Waals surface area (Å²) in [5.41, 5.74) is 0.892. The van der Waals surface area contributed by atoms with Crippen LogP contribution in [0.1, 0.15) is 25.3 Å². The second-order valence-electron chi connectivity index (χ2n) is 3.60. The van der Waals surface area contributed by atoms with Crippen LogP contribution in [-0.4, -0.2) is 21.4 Å². The average molecular weight is 196 g/mol. The van der Waals surface area contributed by atoms with Gasteiger partial charge >= 0.3 is 0 Å². The Morgan fingerprint density at radius 2 is 1.71 bits per heavy atom. The van der Waals surface area contributed by atoms with E-state index in [1.807, 2.05) is 0 Å². The van der Waals surface area contributed by atoms with E-state index in [4.69, 9.17) is 5.11 Å². The van der Waals surface area contributed by atoms with Crippen molar-refractivity contribution in [2.24, 2.45) is 0 Å². The maximum absolute atomic E-state index is 9.19. The fraction of sp³-hybridized carbons (Fsp3) is 0.455. The summed E-state index contributed by atoms with van der Waals surface area (Å²) in [4.78, 5) is 0. The summed E-state index contributed by atoms with van der Waals surface area (Å²) in [6.07, 6.45) is 2.05. The first-order chi connectivity index (χ1) is 6.58. The van der Waals surface area contributed by atoms with Crippen LogP contribution < -0.4 is 0 Å². The van der Waals surface area contributed by atoms with Crippen molar-refractivity contribution in [2.45, 2.75) is 32.3 Å². The van der Waals surface area contributed by atoms with E-state index < -0.39 is 0 Å². The van der Waals surface area contributed by atoms with E-state index in [1.165, 1.54) is 6.07 Å². The third-order valence-corrected chi connectivity index (χ3v) is 2.05. The number of phenols is 2. The predicted molar refractivity (Wildman–Crippen MR) is 54.4 cm³/mol. The minimum Gasteiger partial charge on any atom is -0.508 e. The molecule has 0 radical (unpaired) electrons. The van der Waals surface area contributed by atoms with Crippen molar-refractivity contribution in [3.63, 3.8) is 0 Å². The van der Waals surface area contributed by atoms with Crippen LogP contribution in [0.5, 0.6) is 11.5 Å². The van der Waals surface area contributed by atoms with Crippen LogP contribution in [0.3, 0.4) is 0 Å². The zero-order chi connectivity index (χ0) is 10.6. The number of aliphatic hydroxyl groups excluding tert-OH is 1. The van der Waals surface area contributed by atoms with Gasteiger partial charge in [-0.25, -0.2) is 0 Å². The molecule has 0 saturated carbocycles. The Balaban J connectivity index is 2.50. The molecule has 1 aromatic rings. The standard InChI is InChI=1S/C11H16O3/c1-8(12)3-2-4-9-5-10(13)7-11(14)6-9/h5-8,12-14H,2-4H2,1H3/t8-/m1/s1. The first-order valence-electron chi connectivity index (χ1n) is 4.78. The Morgan fingerprint density at radius 1 is 1.14 bits per heavy atom. The Labute approximate surface area is 83.6 Å². The molecule has 0 saturated heterocycles. The molecule has 3 N–H and O–H groups in total. The van der Waals surface area contributed by atoms with Gasteiger partial charge in [-0.2, -0.15) is 0 Å². The van der Waals surface area contributed by atoms with Crippen LogP contribution in [0.25, 0.3) is 0 Å². The van der Waals surface area contributed by atoms with Crippen LogP contribution in [0.2, 0.25) is 0 Å². The lowest BCUT2D eigenvalue weighted by atomic mass is 10.1. The van der Waals surface area contributed by atoms with Crippen molar-refractivity contribution in [3.05, 3.63) is 23.8 Å². The van der Waals surface area contributed by atoms with Crippen molar-refractivity contribution in [3.8, 4) is 11.5 Å². The third kappa shape index (κ3) is 3.66. The molecule has 0 unspecified atom stereocenters. The van der Waals surface area contributed by atoms with Gasteiger partial charge in [-0.1, -0.05) is 0 Å². The number of benzene rings is 1. The second kappa shape index (κ2) is 4.86. The Morgan fingerprint density at radius 3 is 2.21 bits per heavy atom. The summed E-state index contributed by atoms with van der Waals surface area (Å²) in [6.45, 7) is 1.75. The van der Waals surface area contributed by atoms with Crippen molar-refractivity contribution >= 4 is 0 Å². The fourth-order valence-corrected chi connectivity index (χ4v) is 1.40. The Hall–Kier alpha value is -1.22. The molecule has 0 aromatic heterocycles. The van der Waals surface area contributed by atoms with Gasteiger partial charge in [0.25, 0.3) is 0 Å². The number of aryl methyl sites for hydroxylation is 1. The van der Waals surface area contributed by atoms with Gasteiger partial charge in [0.05, 0.1) is 6.10 Å². The first kappa shape index (κ1) is 10.9. The number of hydrogen-bond acceptors (Lipinski definition) is 3. The molecule has 0 aliphatic rings. The summed E-state index contributed by atoms with van der Waals surface area (Å²) >= 11 is 0. The lowest BCUT2D eigenvalue weighted by molar-refractivity contribution is 0.181. The van der Waals surface area contributed by atoms with Crippen LogP contribution in [-0.2, 0) is 6.42 Å². The van der Waals surface area contributed by atoms with Crippen molar-refractivity contribution < 1.29 is 15.3 Å². The second-order valence-corrected chi connectivity index (χ2v) is 3.60. The first-order valence-corrected chi connectivity index (χ1v) is 4.78. The van der Waals surface area contributed by atoms with Gasteiger partial charge in [-0.3, -0.25) is 0 Å². The summed E-state index contributed by atoms with van der Waals surface area (Å²) < 4.78 is 0. The van der Waals surface area contributed by atoms with Gasteiger partial charge in [-0.05, 0) is 43.9 Å². The van der Waals surface area contributed by atoms with Gasteiger partial charge in [-0.15, -0.1) is 0 Å². The molecule has 0 heterocycles. The minimum atomic E-state index is -0.291. The van der Waals surface area contributed by atoms with Crippen LogP contribution >= 0.6 is 0 Å². The minimum absolute atomic E-state index is 0.0806. The maximum Gasteiger partial charge on any atom is 0.119 e. The highest BCUT2D eigenvalue weighted by Crippen LogP contribution is 2.21. The third-order valence-electron chi connectivity index (χ3n) is 2.05. The number of rotatable bonds is 4. The number of aromatic hydroxyl groups is 2. The van der Waals surface area contributed by atoms with Gasteiger partial charge in [0, 0.05) is 6.07 Å². The monoisotopic (exact) mass is 196 g/mol. The van der Waals surface area contributed by atoms with Crippen molar-refractivity contribution in [2.75, 3.05) is 0 Å². The average Bonchev–Trinajstić information content (AvgIpc) is 2.01. The topological polar surface area (TPSA) is 60.7 Å². The van der Waals surface area contributed by atoms with E-state index in [2.05, 4.69) is 0 Å². The molecule has 14 heavy (non-hydrogen) atoms. The highest BCUT2D eigenvalue weighted by Gasteiger charge is 2.00. The molecule has 0 spiro atoms. The lowest BCUT2D eigenvalue weighted by Gasteiger charge is -2.05. The molecule has 0 aliphatic heterocycles. The molecule has 0 fully saturated rings. The van der Waals surface area contributed by atoms with E-state index >= 15 is 0 Å². The SMILES string of the molecule is C[C@@H](O)CCCc1cc(O)cc(O)c1. The molecular weight excluding hydrogens is 180 g/mol. The molecule has 0 amide bonds. The van der Waals surface area contributed by atoms with Gasteiger partial charge in [0.2, 0.25) is 0 Å². The summed E-state index contributed by atoms with van der Waals surface area (Å²) in [5.74, 6) is 0.161. The highest BCUT2D eigenvalue weighted by molar-refractivity contribution is 5.36. The van der Waals surface area contributed by atoms with Crippen LogP contribution in [0.4, 0.5) is 0 Å². The predicted octanol–water partition coefficient (Wildman–Crippen LogP) is 1.80. The maximum atomic E-state index is 9.19. The smallest absolute Gasteiger partial charge is 0.119 e. The molecule has 1 atom stereocenters. The number of aliphatic hydroxyl groups is 1. The molecule has 3 nitrogen and oxygen atoms in total. The Kier molecular flexibility index (Phi) is 3.77. The molecule has 0 aliphatic carbocycles. The van der Waals surface area contributed by atoms with Crippen molar-refractivity contribution in [1.82, 2.24) is 0 Å². The van der Waals surface area contributed by atoms with E-state index in [0.29, 0.717) is 0 Å². The summed E-state index contributed by atoms with van der Waals surface area (Å²) in [7, 11) is 0. The quantitative estimate of drug-likeness (QED) is 0.688. The van der Waals surface area contributed by atoms with E-state index in [1.54, 1.807) is 19.1 Å². The van der Waals surface area contributed by atoms with Gasteiger partial charge < -0.3 is 15.3 Å². The van der Waals surface area contributed by atoms with E-state index in [-0.39, 0.29) is 17.6 Å². The van der Waals surface area contributed by atoms with E-state index in [9.17, 15) is 10.2 Å². The van der Waals surface area contributed by atoms with Crippen molar-refractivity contribution in [1.29, 1.82) is 0 Å². The molecule has 78 valence electrons. The number of phenolic OH excluding ortho intramolecular Hbond substituents is 2. The number of hydrogen-bond donors (Lipinski definition) is 3. The summed E-state index contributed by atoms with van der Waals surface area (Å²) in [5, 5.41) is 27.4. The van der Waals surface area contributed by atoms with E-state index in [0.717, 1.165) is 24.8 Å². The molecule has 0 bridgehead atoms. The molecule has 1 aromatic carbocycles. The largest absolute Gasteiger partial charge is 0.508 e. The van der Waals surface area contributed by atoms with Gasteiger partial charge in [0.15, 0.2) is 0 Å². The zero-order valence-corrected chi connectivity index (χ0v) is 8.27. The van der Waals surface area contributed by atoms with Crippen LogP contribution in [0.15, 0.2) is 18.2 Å². The fourth-order valence-electron chi connectivity index (χ4n) is 1.40. The Bertz CT molecular complexity index is 274. The molecular formula is C11H16O3.